The zero-order chi connectivity index (χ0) is 18.7. The van der Waals surface area contributed by atoms with Gasteiger partial charge in [-0.1, -0.05) is 12.1 Å². The third-order valence-corrected chi connectivity index (χ3v) is 5.22. The van der Waals surface area contributed by atoms with E-state index in [4.69, 9.17) is 4.74 Å². The highest BCUT2D eigenvalue weighted by Gasteiger charge is 2.29. The summed E-state index contributed by atoms with van der Waals surface area (Å²) < 4.78 is 43.0. The van der Waals surface area contributed by atoms with E-state index in [2.05, 4.69) is 10.3 Å². The average Bonchev–Trinajstić information content (AvgIpc) is 2.89. The van der Waals surface area contributed by atoms with Crippen molar-refractivity contribution in [3.8, 4) is 0 Å². The summed E-state index contributed by atoms with van der Waals surface area (Å²) in [5, 5.41) is 3.60. The molecule has 0 spiro atoms. The molecule has 3 rings (SSSR count). The number of aryl methyl sites for hydroxylation is 1. The van der Waals surface area contributed by atoms with Crippen LogP contribution in [-0.2, 0) is 11.3 Å². The van der Waals surface area contributed by atoms with Crippen LogP contribution in [0.1, 0.15) is 10.4 Å². The molecule has 1 N–H and O–H groups in total. The van der Waals surface area contributed by atoms with Crippen molar-refractivity contribution in [1.29, 1.82) is 0 Å². The van der Waals surface area contributed by atoms with Gasteiger partial charge in [-0.05, 0) is 42.4 Å². The molecule has 1 amide bonds. The average molecular weight is 398 g/mol. The van der Waals surface area contributed by atoms with Gasteiger partial charge >= 0.3 is 11.6 Å². The van der Waals surface area contributed by atoms with Gasteiger partial charge in [0.05, 0.1) is 10.4 Å². The maximum Gasteiger partial charge on any atom is 0.446 e. The molecule has 1 aromatic carbocycles. The number of halogens is 3. The van der Waals surface area contributed by atoms with E-state index in [1.54, 1.807) is 12.4 Å². The number of hydrogen-bond donors (Lipinski definition) is 1. The molecular formula is C17H13F3N2O2S2. The summed E-state index contributed by atoms with van der Waals surface area (Å²) in [4.78, 5) is 17.1. The number of alkyl halides is 3. The maximum absolute atomic E-state index is 12.3. The van der Waals surface area contributed by atoms with Crippen LogP contribution >= 0.6 is 23.1 Å². The molecule has 0 fully saturated rings. The summed E-state index contributed by atoms with van der Waals surface area (Å²) in [6.07, 6.45) is 2.74. The van der Waals surface area contributed by atoms with Gasteiger partial charge in [-0.3, -0.25) is 10.3 Å². The number of amides is 1. The molecule has 9 heteroatoms. The van der Waals surface area contributed by atoms with Crippen LogP contribution in [0.2, 0.25) is 0 Å². The predicted molar refractivity (Wildman–Crippen MR) is 96.5 cm³/mol. The van der Waals surface area contributed by atoms with Crippen LogP contribution in [0.5, 0.6) is 0 Å². The standard InChI is InChI=1S/C17H13F3N2O2S2/c1-10-15(13-6-7-21-8-14(13)25-10)22-16(23)24-9-11-2-4-12(5-3-11)26-17(18,19)20/h2-8H,9H2,1H3,(H,22,23). The third-order valence-electron chi connectivity index (χ3n) is 3.42. The van der Waals surface area contributed by atoms with E-state index >= 15 is 0 Å². The van der Waals surface area contributed by atoms with Gasteiger partial charge in [-0.15, -0.1) is 11.3 Å². The van der Waals surface area contributed by atoms with Crippen LogP contribution < -0.4 is 5.32 Å². The Morgan fingerprint density at radius 1 is 1.27 bits per heavy atom. The lowest BCUT2D eigenvalue weighted by atomic mass is 10.2. The number of ether oxygens (including phenoxy) is 1. The monoisotopic (exact) mass is 398 g/mol. The van der Waals surface area contributed by atoms with Gasteiger partial charge in [0.15, 0.2) is 0 Å². The lowest BCUT2D eigenvalue weighted by molar-refractivity contribution is -0.0328. The Morgan fingerprint density at radius 2 is 2.00 bits per heavy atom. The SMILES string of the molecule is Cc1sc2cnccc2c1NC(=O)OCc1ccc(SC(F)(F)F)cc1. The third kappa shape index (κ3) is 4.67. The minimum atomic E-state index is -4.32. The smallest absolute Gasteiger partial charge is 0.444 e. The summed E-state index contributed by atoms with van der Waals surface area (Å²) >= 11 is 1.33. The van der Waals surface area contributed by atoms with Crippen LogP contribution in [0, 0.1) is 6.92 Å². The number of aromatic nitrogens is 1. The molecule has 3 aromatic rings. The fraction of sp³-hybridized carbons (Fsp3) is 0.176. The summed E-state index contributed by atoms with van der Waals surface area (Å²) in [5.41, 5.74) is -3.05. The number of carbonyl (C=O) groups is 1. The number of hydrogen-bond acceptors (Lipinski definition) is 5. The lowest BCUT2D eigenvalue weighted by Crippen LogP contribution is -2.13. The molecule has 26 heavy (non-hydrogen) atoms. The molecule has 4 nitrogen and oxygen atoms in total. The van der Waals surface area contributed by atoms with E-state index in [0.717, 1.165) is 15.0 Å². The highest BCUT2D eigenvalue weighted by Crippen LogP contribution is 2.37. The second-order valence-electron chi connectivity index (χ2n) is 5.30. The molecule has 0 radical (unpaired) electrons. The Balaban J connectivity index is 1.59. The summed E-state index contributed by atoms with van der Waals surface area (Å²) in [6, 6.07) is 7.50. The molecule has 0 aliphatic carbocycles. The highest BCUT2D eigenvalue weighted by molar-refractivity contribution is 8.00. The van der Waals surface area contributed by atoms with E-state index in [0.29, 0.717) is 11.3 Å². The van der Waals surface area contributed by atoms with Gasteiger partial charge in [-0.2, -0.15) is 13.2 Å². The number of fused-ring (bicyclic) bond motifs is 1. The molecule has 0 saturated heterocycles. The molecule has 2 aromatic heterocycles. The summed E-state index contributed by atoms with van der Waals surface area (Å²) in [5.74, 6) is 0. The van der Waals surface area contributed by atoms with Crippen molar-refractivity contribution >= 4 is 45.0 Å². The fourth-order valence-electron chi connectivity index (χ4n) is 2.30. The lowest BCUT2D eigenvalue weighted by Gasteiger charge is -2.09. The fourth-order valence-corrected chi connectivity index (χ4v) is 3.83. The van der Waals surface area contributed by atoms with Crippen LogP contribution in [0.15, 0.2) is 47.6 Å². The first-order valence-corrected chi connectivity index (χ1v) is 9.07. The predicted octanol–water partition coefficient (Wildman–Crippen LogP) is 5.97. The number of nitrogens with zero attached hydrogens (tertiary/aromatic N) is 1. The molecule has 0 aliphatic rings. The minimum absolute atomic E-state index is 0.0362. The quantitative estimate of drug-likeness (QED) is 0.551. The van der Waals surface area contributed by atoms with E-state index < -0.39 is 11.6 Å². The Kier molecular flexibility index (Phi) is 5.38. The molecule has 0 aliphatic heterocycles. The van der Waals surface area contributed by atoms with Gasteiger partial charge in [0.2, 0.25) is 0 Å². The number of thioether (sulfide) groups is 1. The minimum Gasteiger partial charge on any atom is -0.444 e. The van der Waals surface area contributed by atoms with Crippen molar-refractivity contribution < 1.29 is 22.7 Å². The van der Waals surface area contributed by atoms with Crippen molar-refractivity contribution in [1.82, 2.24) is 4.98 Å². The van der Waals surface area contributed by atoms with E-state index in [1.165, 1.54) is 35.6 Å². The van der Waals surface area contributed by atoms with Crippen LogP contribution in [-0.4, -0.2) is 16.6 Å². The number of anilines is 1. The van der Waals surface area contributed by atoms with Gasteiger partial charge in [-0.25, -0.2) is 4.79 Å². The van der Waals surface area contributed by atoms with Gasteiger partial charge in [0.25, 0.3) is 0 Å². The van der Waals surface area contributed by atoms with E-state index in [1.807, 2.05) is 13.0 Å². The zero-order valence-electron chi connectivity index (χ0n) is 13.5. The summed E-state index contributed by atoms with van der Waals surface area (Å²) in [7, 11) is 0. The molecule has 0 bridgehead atoms. The largest absolute Gasteiger partial charge is 0.446 e. The first-order valence-electron chi connectivity index (χ1n) is 7.43. The number of nitrogens with one attached hydrogen (secondary N) is 1. The molecule has 0 unspecified atom stereocenters. The molecule has 0 saturated carbocycles. The molecular weight excluding hydrogens is 385 g/mol. The van der Waals surface area contributed by atoms with Crippen molar-refractivity contribution in [2.75, 3.05) is 5.32 Å². The Hall–Kier alpha value is -2.26. The maximum atomic E-state index is 12.3. The number of pyridine rings is 1. The zero-order valence-corrected chi connectivity index (χ0v) is 15.1. The van der Waals surface area contributed by atoms with Crippen LogP contribution in [0.4, 0.5) is 23.7 Å². The van der Waals surface area contributed by atoms with E-state index in [9.17, 15) is 18.0 Å². The van der Waals surface area contributed by atoms with Crippen molar-refractivity contribution in [3.05, 3.63) is 53.2 Å². The van der Waals surface area contributed by atoms with E-state index in [-0.39, 0.29) is 23.3 Å². The first-order chi connectivity index (χ1) is 12.3. The van der Waals surface area contributed by atoms with Gasteiger partial charge in [0.1, 0.15) is 6.61 Å². The Bertz CT molecular complexity index is 924. The molecule has 136 valence electrons. The topological polar surface area (TPSA) is 51.2 Å². The number of rotatable bonds is 4. The van der Waals surface area contributed by atoms with Crippen molar-refractivity contribution in [2.24, 2.45) is 0 Å². The highest BCUT2D eigenvalue weighted by atomic mass is 32.2. The van der Waals surface area contributed by atoms with Gasteiger partial charge in [0, 0.05) is 27.6 Å². The molecule has 0 atom stereocenters. The second kappa shape index (κ2) is 7.55. The van der Waals surface area contributed by atoms with Crippen LogP contribution in [0.25, 0.3) is 10.1 Å². The Labute approximate surface area is 155 Å². The second-order valence-corrected chi connectivity index (χ2v) is 7.69. The number of carbonyl (C=O) groups excluding carboxylic acids is 1. The number of thiophene rings is 1. The Morgan fingerprint density at radius 3 is 2.69 bits per heavy atom. The van der Waals surface area contributed by atoms with Crippen molar-refractivity contribution in [2.45, 2.75) is 23.9 Å². The number of benzene rings is 1. The summed E-state index contributed by atoms with van der Waals surface area (Å²) in [6.45, 7) is 1.85. The van der Waals surface area contributed by atoms with Crippen molar-refractivity contribution in [3.63, 3.8) is 0 Å². The normalized spacial score (nSPS) is 11.5. The first kappa shape index (κ1) is 18.5. The molecule has 2 heterocycles. The van der Waals surface area contributed by atoms with Gasteiger partial charge < -0.3 is 4.74 Å². The van der Waals surface area contributed by atoms with Crippen LogP contribution in [0.3, 0.4) is 0 Å².